The van der Waals surface area contributed by atoms with Crippen LogP contribution in [0, 0.1) is 18.8 Å². The third-order valence-electron chi connectivity index (χ3n) is 5.89. The highest BCUT2D eigenvalue weighted by Crippen LogP contribution is 2.37. The van der Waals surface area contributed by atoms with Crippen LogP contribution in [0.3, 0.4) is 0 Å². The van der Waals surface area contributed by atoms with E-state index in [1.807, 2.05) is 4.90 Å². The third-order valence-corrected chi connectivity index (χ3v) is 5.89. The zero-order valence-corrected chi connectivity index (χ0v) is 15.0. The number of amides is 2. The van der Waals surface area contributed by atoms with Crippen LogP contribution in [-0.4, -0.2) is 53.5 Å². The summed E-state index contributed by atoms with van der Waals surface area (Å²) in [7, 11) is 0. The number of hydrogen-bond donors (Lipinski definition) is 2. The molecule has 1 aromatic rings. The Morgan fingerprint density at radius 3 is 2.54 bits per heavy atom. The zero-order chi connectivity index (χ0) is 18.3. The molecule has 2 amide bonds. The summed E-state index contributed by atoms with van der Waals surface area (Å²) in [6.45, 7) is 3.78. The average molecular weight is 359 g/mol. The normalized spacial score (nSPS) is 30.4. The van der Waals surface area contributed by atoms with E-state index in [0.29, 0.717) is 31.0 Å². The average Bonchev–Trinajstić information content (AvgIpc) is 3.20. The van der Waals surface area contributed by atoms with Crippen molar-refractivity contribution >= 4 is 11.8 Å². The molecule has 4 rings (SSSR count). The van der Waals surface area contributed by atoms with E-state index >= 15 is 0 Å². The number of nitrogens with zero attached hydrogens (tertiary/aromatic N) is 1. The number of carbonyl (C=O) groups is 2. The van der Waals surface area contributed by atoms with Crippen LogP contribution in [-0.2, 0) is 9.53 Å². The Hall–Kier alpha value is -2.15. The van der Waals surface area contributed by atoms with Gasteiger partial charge in [-0.3, -0.25) is 14.4 Å². The molecule has 3 aliphatic rings. The maximum atomic E-state index is 12.6. The van der Waals surface area contributed by atoms with Crippen molar-refractivity contribution in [1.29, 1.82) is 0 Å². The lowest BCUT2D eigenvalue weighted by molar-refractivity contribution is -0.143. The van der Waals surface area contributed by atoms with Crippen molar-refractivity contribution in [3.8, 4) is 0 Å². The second kappa shape index (κ2) is 6.87. The lowest BCUT2D eigenvalue weighted by atomic mass is 9.91. The maximum Gasteiger partial charge on any atom is 0.251 e. The summed E-state index contributed by atoms with van der Waals surface area (Å²) in [5.74, 6) is 0.437. The number of H-pyrrole nitrogens is 1. The minimum absolute atomic E-state index is 0.0654. The largest absolute Gasteiger partial charge is 0.368 e. The van der Waals surface area contributed by atoms with E-state index in [0.717, 1.165) is 25.7 Å². The van der Waals surface area contributed by atoms with Crippen LogP contribution in [0.2, 0.25) is 0 Å². The number of aromatic nitrogens is 1. The molecule has 1 saturated carbocycles. The Morgan fingerprint density at radius 1 is 1.19 bits per heavy atom. The van der Waals surface area contributed by atoms with E-state index < -0.39 is 0 Å². The van der Waals surface area contributed by atoms with Gasteiger partial charge >= 0.3 is 0 Å². The second-order valence-corrected chi connectivity index (χ2v) is 7.76. The number of nitrogens with one attached hydrogen (secondary N) is 2. The first-order valence-corrected chi connectivity index (χ1v) is 9.43. The van der Waals surface area contributed by atoms with E-state index in [1.54, 1.807) is 13.0 Å². The SMILES string of the molecule is Cc1cc(C(=O)NC2[C@@H]3CC[C@H]2CN(C(=O)C2CCCO2)C3)cc(=O)[nH]1. The number of aryl methyl sites for hydroxylation is 1. The predicted molar refractivity (Wildman–Crippen MR) is 94.8 cm³/mol. The van der Waals surface area contributed by atoms with Crippen molar-refractivity contribution in [2.45, 2.75) is 44.8 Å². The number of rotatable bonds is 3. The van der Waals surface area contributed by atoms with E-state index in [1.165, 1.54) is 6.07 Å². The highest BCUT2D eigenvalue weighted by molar-refractivity contribution is 5.94. The van der Waals surface area contributed by atoms with E-state index in [-0.39, 0.29) is 41.4 Å². The van der Waals surface area contributed by atoms with E-state index in [9.17, 15) is 14.4 Å². The molecule has 0 radical (unpaired) electrons. The lowest BCUT2D eigenvalue weighted by Crippen LogP contribution is -2.55. The van der Waals surface area contributed by atoms with E-state index in [4.69, 9.17) is 4.74 Å². The Balaban J connectivity index is 1.42. The van der Waals surface area contributed by atoms with Gasteiger partial charge in [-0.1, -0.05) is 0 Å². The van der Waals surface area contributed by atoms with Gasteiger partial charge in [0, 0.05) is 43.1 Å². The smallest absolute Gasteiger partial charge is 0.251 e. The van der Waals surface area contributed by atoms with Gasteiger partial charge in [0.1, 0.15) is 6.10 Å². The van der Waals surface area contributed by atoms with Crippen molar-refractivity contribution in [3.63, 3.8) is 0 Å². The van der Waals surface area contributed by atoms with Gasteiger partial charge in [-0.15, -0.1) is 0 Å². The number of pyridine rings is 1. The van der Waals surface area contributed by atoms with Crippen LogP contribution in [0.5, 0.6) is 0 Å². The molecule has 2 unspecified atom stereocenters. The highest BCUT2D eigenvalue weighted by Gasteiger charge is 2.45. The summed E-state index contributed by atoms with van der Waals surface area (Å²) in [5.41, 5.74) is 0.793. The number of likely N-dealkylation sites (tertiary alicyclic amines) is 1. The van der Waals surface area contributed by atoms with Crippen molar-refractivity contribution in [1.82, 2.24) is 15.2 Å². The summed E-state index contributed by atoms with van der Waals surface area (Å²) < 4.78 is 5.54. The monoisotopic (exact) mass is 359 g/mol. The first kappa shape index (κ1) is 17.3. The van der Waals surface area contributed by atoms with Crippen LogP contribution >= 0.6 is 0 Å². The fraction of sp³-hybridized carbons (Fsp3) is 0.632. The zero-order valence-electron chi connectivity index (χ0n) is 15.0. The van der Waals surface area contributed by atoms with Crippen molar-refractivity contribution in [2.24, 2.45) is 11.8 Å². The Bertz CT molecular complexity index is 754. The molecule has 1 aliphatic carbocycles. The quantitative estimate of drug-likeness (QED) is 0.836. The van der Waals surface area contributed by atoms with Gasteiger partial charge in [-0.05, 0) is 50.5 Å². The van der Waals surface area contributed by atoms with Gasteiger partial charge in [0.2, 0.25) is 5.56 Å². The first-order valence-electron chi connectivity index (χ1n) is 9.43. The van der Waals surface area contributed by atoms with Gasteiger partial charge in [-0.2, -0.15) is 0 Å². The molecule has 2 N–H and O–H groups in total. The molecule has 2 aliphatic heterocycles. The molecule has 0 spiro atoms. The Morgan fingerprint density at radius 2 is 1.92 bits per heavy atom. The molecule has 3 fully saturated rings. The Labute approximate surface area is 152 Å². The van der Waals surface area contributed by atoms with E-state index in [2.05, 4.69) is 10.3 Å². The summed E-state index contributed by atoms with van der Waals surface area (Å²) in [5, 5.41) is 3.12. The Kier molecular flexibility index (Phi) is 4.56. The molecule has 7 nitrogen and oxygen atoms in total. The first-order chi connectivity index (χ1) is 12.5. The molecule has 2 bridgehead atoms. The van der Waals surface area contributed by atoms with Gasteiger partial charge < -0.3 is 19.9 Å². The van der Waals surface area contributed by atoms with Gasteiger partial charge in [-0.25, -0.2) is 0 Å². The number of piperidine rings is 1. The number of carbonyl (C=O) groups excluding carboxylic acids is 2. The molecule has 7 heteroatoms. The predicted octanol–water partition coefficient (Wildman–Crippen LogP) is 0.829. The van der Waals surface area contributed by atoms with Crippen molar-refractivity contribution < 1.29 is 14.3 Å². The second-order valence-electron chi connectivity index (χ2n) is 7.76. The van der Waals surface area contributed by atoms with Crippen LogP contribution in [0.25, 0.3) is 0 Å². The fourth-order valence-electron chi connectivity index (χ4n) is 4.66. The van der Waals surface area contributed by atoms with Crippen LogP contribution in [0.4, 0.5) is 0 Å². The summed E-state index contributed by atoms with van der Waals surface area (Å²) in [4.78, 5) is 41.4. The summed E-state index contributed by atoms with van der Waals surface area (Å²) >= 11 is 0. The van der Waals surface area contributed by atoms with Gasteiger partial charge in [0.05, 0.1) is 0 Å². The highest BCUT2D eigenvalue weighted by atomic mass is 16.5. The van der Waals surface area contributed by atoms with Crippen LogP contribution < -0.4 is 10.9 Å². The molecule has 2 saturated heterocycles. The van der Waals surface area contributed by atoms with Crippen molar-refractivity contribution in [3.05, 3.63) is 33.7 Å². The minimum atomic E-state index is -0.278. The van der Waals surface area contributed by atoms with Crippen LogP contribution in [0.15, 0.2) is 16.9 Å². The minimum Gasteiger partial charge on any atom is -0.368 e. The number of aromatic amines is 1. The fourth-order valence-corrected chi connectivity index (χ4v) is 4.66. The summed E-state index contributed by atoms with van der Waals surface area (Å²) in [6.07, 6.45) is 3.51. The number of hydrogen-bond acceptors (Lipinski definition) is 4. The molecule has 3 heterocycles. The number of fused-ring (bicyclic) bond motifs is 2. The molecular weight excluding hydrogens is 334 g/mol. The lowest BCUT2D eigenvalue weighted by Gasteiger charge is -2.39. The molecular formula is C19H25N3O4. The summed E-state index contributed by atoms with van der Waals surface area (Å²) in [6, 6.07) is 3.09. The van der Waals surface area contributed by atoms with Gasteiger partial charge in [0.25, 0.3) is 11.8 Å². The molecule has 26 heavy (non-hydrogen) atoms. The topological polar surface area (TPSA) is 91.5 Å². The number of ether oxygens (including phenoxy) is 1. The van der Waals surface area contributed by atoms with Crippen molar-refractivity contribution in [2.75, 3.05) is 19.7 Å². The maximum absolute atomic E-state index is 12.6. The molecule has 4 atom stereocenters. The van der Waals surface area contributed by atoms with Gasteiger partial charge in [0.15, 0.2) is 0 Å². The standard InChI is InChI=1S/C19H25N3O4/c1-11-7-14(8-16(23)20-11)18(24)21-17-12-4-5-13(17)10-22(9-12)19(25)15-3-2-6-26-15/h7-8,12-13,15,17H,2-6,9-10H2,1H3,(H,20,23)(H,21,24)/t12-,13+,15?,17?. The third kappa shape index (κ3) is 3.28. The molecule has 1 aromatic heterocycles. The van der Waals surface area contributed by atoms with Crippen LogP contribution in [0.1, 0.15) is 41.7 Å². The molecule has 0 aromatic carbocycles. The molecule has 140 valence electrons.